The van der Waals surface area contributed by atoms with E-state index in [1.165, 1.54) is 0 Å². The van der Waals surface area contributed by atoms with E-state index in [4.69, 9.17) is 4.74 Å². The highest BCUT2D eigenvalue weighted by Crippen LogP contribution is 2.29. The van der Waals surface area contributed by atoms with Crippen LogP contribution in [0.3, 0.4) is 0 Å². The van der Waals surface area contributed by atoms with E-state index >= 15 is 0 Å². The maximum atomic E-state index is 13.2. The third kappa shape index (κ3) is 8.47. The van der Waals surface area contributed by atoms with Crippen molar-refractivity contribution >= 4 is 17.8 Å². The number of allylic oxidation sites excluding steroid dienone is 2. The number of ether oxygens (including phenoxy) is 1. The summed E-state index contributed by atoms with van der Waals surface area (Å²) >= 11 is 0. The molecule has 0 radical (unpaired) electrons. The highest BCUT2D eigenvalue weighted by molar-refractivity contribution is 5.86. The van der Waals surface area contributed by atoms with E-state index < -0.39 is 17.0 Å². The average molecular weight is 499 g/mol. The molecule has 0 bridgehead atoms. The van der Waals surface area contributed by atoms with Crippen LogP contribution in [0.1, 0.15) is 77.2 Å². The number of benzene rings is 1. The van der Waals surface area contributed by atoms with Crippen molar-refractivity contribution in [1.29, 1.82) is 0 Å². The van der Waals surface area contributed by atoms with Gasteiger partial charge in [0.15, 0.2) is 0 Å². The summed E-state index contributed by atoms with van der Waals surface area (Å²) in [4.78, 5) is 39.0. The van der Waals surface area contributed by atoms with Crippen LogP contribution in [0.15, 0.2) is 42.5 Å². The Morgan fingerprint density at radius 1 is 1.08 bits per heavy atom. The number of amides is 2. The third-order valence-corrected chi connectivity index (χ3v) is 7.28. The molecule has 2 unspecified atom stereocenters. The van der Waals surface area contributed by atoms with Crippen molar-refractivity contribution < 1.29 is 24.2 Å². The fraction of sp³-hybridized carbons (Fsp3) is 0.621. The molecule has 7 heteroatoms. The van der Waals surface area contributed by atoms with E-state index in [-0.39, 0.29) is 43.3 Å². The Bertz CT molecular complexity index is 905. The average Bonchev–Trinajstić information content (AvgIpc) is 3.31. The van der Waals surface area contributed by atoms with E-state index in [0.29, 0.717) is 12.8 Å². The lowest BCUT2D eigenvalue weighted by atomic mass is 9.92. The Kier molecular flexibility index (Phi) is 10.1. The third-order valence-electron chi connectivity index (χ3n) is 7.28. The van der Waals surface area contributed by atoms with Crippen LogP contribution in [0.4, 0.5) is 0 Å². The molecule has 2 amide bonds. The molecule has 3 N–H and O–H groups in total. The van der Waals surface area contributed by atoms with Gasteiger partial charge in [-0.1, -0.05) is 55.3 Å². The molecule has 1 fully saturated rings. The number of rotatable bonds is 6. The van der Waals surface area contributed by atoms with Gasteiger partial charge in [-0.05, 0) is 64.4 Å². The second kappa shape index (κ2) is 13.0. The van der Waals surface area contributed by atoms with Crippen molar-refractivity contribution in [1.82, 2.24) is 10.6 Å². The smallest absolute Gasteiger partial charge is 0.309 e. The van der Waals surface area contributed by atoms with E-state index in [9.17, 15) is 19.5 Å². The zero-order chi connectivity index (χ0) is 26.0. The maximum Gasteiger partial charge on any atom is 0.309 e. The van der Waals surface area contributed by atoms with E-state index in [0.717, 1.165) is 50.5 Å². The first-order valence-corrected chi connectivity index (χ1v) is 13.3. The van der Waals surface area contributed by atoms with Crippen LogP contribution in [0.25, 0.3) is 0 Å². The summed E-state index contributed by atoms with van der Waals surface area (Å²) in [6, 6.07) is 9.95. The van der Waals surface area contributed by atoms with Crippen LogP contribution in [-0.4, -0.2) is 47.2 Å². The number of carbonyl (C=O) groups excluding carboxylic acids is 3. The number of aliphatic hydroxyl groups excluding tert-OH is 1. The first-order chi connectivity index (χ1) is 17.2. The van der Waals surface area contributed by atoms with Crippen LogP contribution in [0, 0.1) is 11.8 Å². The number of cyclic esters (lactones) is 1. The second-order valence-corrected chi connectivity index (χ2v) is 11.1. The molecule has 3 rings (SSSR count). The van der Waals surface area contributed by atoms with Gasteiger partial charge in [-0.15, -0.1) is 0 Å². The standard InChI is InChI=1S/C29H42N2O5/c1-28(2)21-36-27(35)24(18-22-12-6-5-7-13-22)15-9-4-3-8-14-23(26(34)31-28)19-25(33)30-29(20-32)16-10-11-17-29/h3,5-8,12-13,23-24,32H,4,9-11,14-21H2,1-2H3,(H,30,33)(H,31,34). The number of esters is 1. The van der Waals surface area contributed by atoms with Gasteiger partial charge < -0.3 is 20.5 Å². The molecule has 1 aliphatic heterocycles. The molecule has 1 aliphatic carbocycles. The minimum atomic E-state index is -0.773. The summed E-state index contributed by atoms with van der Waals surface area (Å²) < 4.78 is 5.69. The zero-order valence-corrected chi connectivity index (χ0v) is 21.8. The first-order valence-electron chi connectivity index (χ1n) is 13.3. The highest BCUT2D eigenvalue weighted by atomic mass is 16.5. The van der Waals surface area contributed by atoms with Crippen molar-refractivity contribution in [3.63, 3.8) is 0 Å². The summed E-state index contributed by atoms with van der Waals surface area (Å²) in [5.41, 5.74) is -0.232. The molecule has 0 saturated heterocycles. The van der Waals surface area contributed by atoms with Gasteiger partial charge >= 0.3 is 5.97 Å². The lowest BCUT2D eigenvalue weighted by molar-refractivity contribution is -0.151. The Morgan fingerprint density at radius 2 is 1.81 bits per heavy atom. The molecule has 36 heavy (non-hydrogen) atoms. The predicted octanol–water partition coefficient (Wildman–Crippen LogP) is 3.84. The summed E-state index contributed by atoms with van der Waals surface area (Å²) in [5, 5.41) is 15.8. The molecule has 2 atom stereocenters. The zero-order valence-electron chi connectivity index (χ0n) is 21.8. The number of carbonyl (C=O) groups is 3. The number of nitrogens with one attached hydrogen (secondary N) is 2. The van der Waals surface area contributed by atoms with Gasteiger partial charge in [-0.25, -0.2) is 0 Å². The van der Waals surface area contributed by atoms with Crippen LogP contribution >= 0.6 is 0 Å². The van der Waals surface area contributed by atoms with Gasteiger partial charge in [-0.2, -0.15) is 0 Å². The molecule has 1 saturated carbocycles. The molecule has 0 aromatic heterocycles. The van der Waals surface area contributed by atoms with Crippen LogP contribution in [-0.2, 0) is 25.5 Å². The Hall–Kier alpha value is -2.67. The van der Waals surface area contributed by atoms with Gasteiger partial charge in [0.2, 0.25) is 11.8 Å². The second-order valence-electron chi connectivity index (χ2n) is 11.1. The molecule has 198 valence electrons. The van der Waals surface area contributed by atoms with Gasteiger partial charge in [0.1, 0.15) is 6.61 Å². The Morgan fingerprint density at radius 3 is 2.50 bits per heavy atom. The monoisotopic (exact) mass is 498 g/mol. The molecular formula is C29H42N2O5. The van der Waals surface area contributed by atoms with Crippen LogP contribution in [0.2, 0.25) is 0 Å². The summed E-state index contributed by atoms with van der Waals surface area (Å²) in [5.74, 6) is -1.47. The van der Waals surface area contributed by atoms with E-state index in [2.05, 4.69) is 10.6 Å². The van der Waals surface area contributed by atoms with Crippen LogP contribution in [0.5, 0.6) is 0 Å². The van der Waals surface area contributed by atoms with Crippen molar-refractivity contribution in [3.05, 3.63) is 48.0 Å². The minimum Gasteiger partial charge on any atom is -0.463 e. The molecule has 1 aromatic rings. The quantitative estimate of drug-likeness (QED) is 0.408. The van der Waals surface area contributed by atoms with E-state index in [1.54, 1.807) is 0 Å². The molecule has 1 aromatic carbocycles. The van der Waals surface area contributed by atoms with Crippen molar-refractivity contribution in [2.45, 2.75) is 89.1 Å². The summed E-state index contributed by atoms with van der Waals surface area (Å²) in [7, 11) is 0. The van der Waals surface area contributed by atoms with Gasteiger partial charge in [0.25, 0.3) is 0 Å². The summed E-state index contributed by atoms with van der Waals surface area (Å²) in [6.07, 6.45) is 11.0. The van der Waals surface area contributed by atoms with Gasteiger partial charge in [0.05, 0.1) is 29.5 Å². The van der Waals surface area contributed by atoms with Crippen molar-refractivity contribution in [2.75, 3.05) is 13.2 Å². The number of hydrogen-bond donors (Lipinski definition) is 3. The lowest BCUT2D eigenvalue weighted by Crippen LogP contribution is -2.52. The topological polar surface area (TPSA) is 105 Å². The Labute approximate surface area is 215 Å². The molecule has 2 aliphatic rings. The lowest BCUT2D eigenvalue weighted by Gasteiger charge is -2.31. The SMILES string of the molecule is CC1(C)COC(=O)C(Cc2ccccc2)CCCC=CCC(CC(=O)NC2(CO)CCCC2)C(=O)N1. The van der Waals surface area contributed by atoms with Crippen molar-refractivity contribution in [3.8, 4) is 0 Å². The Balaban J connectivity index is 1.66. The number of hydrogen-bond acceptors (Lipinski definition) is 5. The van der Waals surface area contributed by atoms with Crippen molar-refractivity contribution in [2.24, 2.45) is 11.8 Å². The van der Waals surface area contributed by atoms with Gasteiger partial charge in [-0.3, -0.25) is 14.4 Å². The largest absolute Gasteiger partial charge is 0.463 e. The fourth-order valence-electron chi connectivity index (χ4n) is 5.13. The molecular weight excluding hydrogens is 456 g/mol. The first kappa shape index (κ1) is 27.9. The maximum absolute atomic E-state index is 13.2. The molecule has 0 spiro atoms. The minimum absolute atomic E-state index is 0.0486. The van der Waals surface area contributed by atoms with Crippen LogP contribution < -0.4 is 10.6 Å². The van der Waals surface area contributed by atoms with Gasteiger partial charge in [0, 0.05) is 6.42 Å². The number of aliphatic hydroxyl groups is 1. The molecule has 7 nitrogen and oxygen atoms in total. The normalized spacial score (nSPS) is 24.9. The fourth-order valence-corrected chi connectivity index (χ4v) is 5.13. The highest BCUT2D eigenvalue weighted by Gasteiger charge is 2.36. The van der Waals surface area contributed by atoms with E-state index in [1.807, 2.05) is 56.3 Å². The molecule has 1 heterocycles. The summed E-state index contributed by atoms with van der Waals surface area (Å²) in [6.45, 7) is 3.62. The predicted molar refractivity (Wildman–Crippen MR) is 139 cm³/mol.